The normalized spacial score (nSPS) is 11.6. The van der Waals surface area contributed by atoms with E-state index in [2.05, 4.69) is 5.32 Å². The summed E-state index contributed by atoms with van der Waals surface area (Å²) < 4.78 is 28.2. The van der Waals surface area contributed by atoms with Crippen LogP contribution in [-0.2, 0) is 17.9 Å². The van der Waals surface area contributed by atoms with Crippen LogP contribution in [0.2, 0.25) is 0 Å². The molecule has 0 aliphatic carbocycles. The monoisotopic (exact) mass is 574 g/mol. The number of hydrogen-bond acceptors (Lipinski definition) is 4. The minimum absolute atomic E-state index is 0.202. The van der Waals surface area contributed by atoms with Crippen LogP contribution in [0.5, 0.6) is 0 Å². The largest absolute Gasteiger partial charge is 0.480 e. The fourth-order valence-corrected chi connectivity index (χ4v) is 5.14. The molecule has 1 atom stereocenters. The van der Waals surface area contributed by atoms with Gasteiger partial charge < -0.3 is 15.3 Å². The Labute approximate surface area is 243 Å². The average Bonchev–Trinajstić information content (AvgIpc) is 2.96. The maximum Gasteiger partial charge on any atom is 0.326 e. The first-order valence-corrected chi connectivity index (χ1v) is 14.6. The second-order valence-corrected chi connectivity index (χ2v) is 10.8. The van der Waals surface area contributed by atoms with Crippen molar-refractivity contribution < 1.29 is 23.5 Å². The Morgan fingerprint density at radius 1 is 0.902 bits per heavy atom. The van der Waals surface area contributed by atoms with Crippen molar-refractivity contribution in [3.05, 3.63) is 125 Å². The van der Waals surface area contributed by atoms with Crippen LogP contribution in [-0.4, -0.2) is 35.0 Å². The lowest BCUT2D eigenvalue weighted by Gasteiger charge is -2.26. The molecule has 1 amide bonds. The number of rotatable bonds is 12. The molecule has 4 aromatic carbocycles. The van der Waals surface area contributed by atoms with E-state index in [9.17, 15) is 23.5 Å². The number of nitrogens with zero attached hydrogens (tertiary/aromatic N) is 1. The van der Waals surface area contributed by atoms with Crippen molar-refractivity contribution in [1.29, 1.82) is 0 Å². The molecule has 0 aliphatic rings. The number of nitrogens with one attached hydrogen (secondary N) is 1. The van der Waals surface area contributed by atoms with Gasteiger partial charge in [-0.05, 0) is 77.9 Å². The number of anilines is 1. The van der Waals surface area contributed by atoms with Gasteiger partial charge in [0.25, 0.3) is 5.91 Å². The molecular weight excluding hydrogens is 542 g/mol. The van der Waals surface area contributed by atoms with E-state index in [1.165, 1.54) is 23.9 Å². The summed E-state index contributed by atoms with van der Waals surface area (Å²) in [4.78, 5) is 27.2. The van der Waals surface area contributed by atoms with Gasteiger partial charge in [-0.2, -0.15) is 11.8 Å². The van der Waals surface area contributed by atoms with E-state index < -0.39 is 29.6 Å². The Kier molecular flexibility index (Phi) is 10.1. The molecule has 0 radical (unpaired) electrons. The molecule has 0 saturated carbocycles. The number of carbonyl (C=O) groups is 2. The van der Waals surface area contributed by atoms with E-state index in [0.29, 0.717) is 35.4 Å². The number of thioether (sulfide) groups is 1. The number of aryl methyl sites for hydroxylation is 1. The fraction of sp³-hybridized carbons (Fsp3) is 0.212. The number of aliphatic carboxylic acids is 1. The van der Waals surface area contributed by atoms with E-state index in [0.717, 1.165) is 28.4 Å². The van der Waals surface area contributed by atoms with Crippen LogP contribution < -0.4 is 10.2 Å². The SMILES string of the molecule is CSCC[C@H](NC(=O)c1ccc(CN(Cc2ccc(F)cc2F)c2ccccc2)cc1-c1ccccc1C)C(=O)O. The lowest BCUT2D eigenvalue weighted by molar-refractivity contribution is -0.139. The highest BCUT2D eigenvalue weighted by atomic mass is 32.2. The van der Waals surface area contributed by atoms with Gasteiger partial charge in [-0.3, -0.25) is 4.79 Å². The van der Waals surface area contributed by atoms with Crippen LogP contribution in [0.25, 0.3) is 11.1 Å². The van der Waals surface area contributed by atoms with Gasteiger partial charge in [-0.25, -0.2) is 13.6 Å². The number of carboxylic acids is 1. The number of benzene rings is 4. The van der Waals surface area contributed by atoms with E-state index in [4.69, 9.17) is 0 Å². The lowest BCUT2D eigenvalue weighted by atomic mass is 9.93. The number of carbonyl (C=O) groups excluding carboxylic acids is 1. The minimum atomic E-state index is -1.08. The summed E-state index contributed by atoms with van der Waals surface area (Å²) in [5.74, 6) is -2.18. The average molecular weight is 575 g/mol. The van der Waals surface area contributed by atoms with E-state index in [-0.39, 0.29) is 6.54 Å². The first-order valence-electron chi connectivity index (χ1n) is 13.2. The van der Waals surface area contributed by atoms with Crippen molar-refractivity contribution >= 4 is 29.3 Å². The predicted molar refractivity (Wildman–Crippen MR) is 161 cm³/mol. The van der Waals surface area contributed by atoms with Gasteiger partial charge in [-0.15, -0.1) is 0 Å². The van der Waals surface area contributed by atoms with Crippen molar-refractivity contribution in [2.45, 2.75) is 32.5 Å². The third-order valence-electron chi connectivity index (χ3n) is 6.85. The molecule has 0 fully saturated rings. The van der Waals surface area contributed by atoms with Crippen LogP contribution in [0, 0.1) is 18.6 Å². The van der Waals surface area contributed by atoms with E-state index in [1.54, 1.807) is 6.07 Å². The molecule has 5 nitrogen and oxygen atoms in total. The van der Waals surface area contributed by atoms with Gasteiger partial charge in [-0.1, -0.05) is 54.6 Å². The molecule has 0 bridgehead atoms. The first-order chi connectivity index (χ1) is 19.8. The van der Waals surface area contributed by atoms with Crippen LogP contribution in [0.1, 0.15) is 33.5 Å². The second-order valence-electron chi connectivity index (χ2n) is 9.77. The third kappa shape index (κ3) is 7.73. The second kappa shape index (κ2) is 13.9. The standard InChI is InChI=1S/C33H32F2N2O3S/c1-22-8-6-7-11-27(22)29-18-23(12-15-28(29)32(38)36-31(33(39)40)16-17-41-2)20-37(26-9-4-3-5-10-26)21-24-13-14-25(34)19-30(24)35/h3-15,18-19,31H,16-17,20-21H2,1-2H3,(H,36,38)(H,39,40)/t31-/m0/s1. The van der Waals surface area contributed by atoms with Gasteiger partial charge in [0, 0.05) is 36.0 Å². The molecule has 4 rings (SSSR count). The molecule has 41 heavy (non-hydrogen) atoms. The van der Waals surface area contributed by atoms with Gasteiger partial charge in [0.15, 0.2) is 0 Å². The van der Waals surface area contributed by atoms with Gasteiger partial charge in [0.2, 0.25) is 0 Å². The fourth-order valence-electron chi connectivity index (χ4n) is 4.67. The molecule has 0 heterocycles. The zero-order chi connectivity index (χ0) is 29.4. The summed E-state index contributed by atoms with van der Waals surface area (Å²) in [5.41, 5.74) is 4.94. The van der Waals surface area contributed by atoms with Gasteiger partial charge in [0.1, 0.15) is 17.7 Å². The summed E-state index contributed by atoms with van der Waals surface area (Å²) >= 11 is 1.52. The number of hydrogen-bond donors (Lipinski definition) is 2. The Balaban J connectivity index is 1.72. The van der Waals surface area contributed by atoms with Gasteiger partial charge >= 0.3 is 5.97 Å². The number of amides is 1. The lowest BCUT2D eigenvalue weighted by Crippen LogP contribution is -2.41. The molecule has 8 heteroatoms. The molecule has 2 N–H and O–H groups in total. The first kappa shape index (κ1) is 29.8. The van der Waals surface area contributed by atoms with Crippen LogP contribution in [0.3, 0.4) is 0 Å². The molecule has 0 unspecified atom stereocenters. The Morgan fingerprint density at radius 3 is 2.32 bits per heavy atom. The minimum Gasteiger partial charge on any atom is -0.480 e. The number of carboxylic acid groups (broad SMARTS) is 1. The van der Waals surface area contributed by atoms with Crippen LogP contribution in [0.15, 0.2) is 91.0 Å². The summed E-state index contributed by atoms with van der Waals surface area (Å²) in [6, 6.07) is 25.2. The third-order valence-corrected chi connectivity index (χ3v) is 7.49. The molecule has 0 aromatic heterocycles. The molecule has 0 aliphatic heterocycles. The zero-order valence-corrected chi connectivity index (χ0v) is 23.8. The smallest absolute Gasteiger partial charge is 0.326 e. The topological polar surface area (TPSA) is 69.6 Å². The highest BCUT2D eigenvalue weighted by Crippen LogP contribution is 2.30. The maximum atomic E-state index is 14.6. The van der Waals surface area contributed by atoms with Crippen molar-refractivity contribution in [3.8, 4) is 11.1 Å². The van der Waals surface area contributed by atoms with Crippen LogP contribution >= 0.6 is 11.8 Å². The maximum absolute atomic E-state index is 14.6. The quantitative estimate of drug-likeness (QED) is 0.189. The van der Waals surface area contributed by atoms with Crippen molar-refractivity contribution in [1.82, 2.24) is 5.32 Å². The van der Waals surface area contributed by atoms with E-state index in [1.807, 2.05) is 84.8 Å². The molecule has 4 aromatic rings. The number of halogens is 2. The summed E-state index contributed by atoms with van der Waals surface area (Å²) in [6.07, 6.45) is 2.20. The molecule has 0 saturated heterocycles. The Morgan fingerprint density at radius 2 is 1.63 bits per heavy atom. The van der Waals surface area contributed by atoms with Crippen molar-refractivity contribution in [2.24, 2.45) is 0 Å². The highest BCUT2D eigenvalue weighted by Gasteiger charge is 2.23. The molecule has 0 spiro atoms. The van der Waals surface area contributed by atoms with Crippen LogP contribution in [0.4, 0.5) is 14.5 Å². The Bertz CT molecular complexity index is 1510. The number of para-hydroxylation sites is 1. The summed E-state index contributed by atoms with van der Waals surface area (Å²) in [5, 5.41) is 12.3. The van der Waals surface area contributed by atoms with Crippen molar-refractivity contribution in [2.75, 3.05) is 16.9 Å². The molecule has 212 valence electrons. The summed E-state index contributed by atoms with van der Waals surface area (Å²) in [6.45, 7) is 2.54. The summed E-state index contributed by atoms with van der Waals surface area (Å²) in [7, 11) is 0. The highest BCUT2D eigenvalue weighted by molar-refractivity contribution is 7.98. The van der Waals surface area contributed by atoms with E-state index >= 15 is 0 Å². The Hall–Kier alpha value is -4.17. The van der Waals surface area contributed by atoms with Gasteiger partial charge in [0.05, 0.1) is 0 Å². The molecular formula is C33H32F2N2O3S. The zero-order valence-electron chi connectivity index (χ0n) is 22.9. The van der Waals surface area contributed by atoms with Crippen molar-refractivity contribution in [3.63, 3.8) is 0 Å². The predicted octanol–water partition coefficient (Wildman–Crippen LogP) is 7.08.